The van der Waals surface area contributed by atoms with Gasteiger partial charge in [0.05, 0.1) is 6.54 Å². The van der Waals surface area contributed by atoms with Gasteiger partial charge >= 0.3 is 0 Å². The molecule has 2 aliphatic rings. The lowest BCUT2D eigenvalue weighted by Gasteiger charge is -2.41. The lowest BCUT2D eigenvalue weighted by Crippen LogP contribution is -2.51. The summed E-state index contributed by atoms with van der Waals surface area (Å²) in [7, 11) is 0. The highest BCUT2D eigenvalue weighted by Crippen LogP contribution is 2.31. The highest BCUT2D eigenvalue weighted by atomic mass is 35.5. The van der Waals surface area contributed by atoms with Gasteiger partial charge in [-0.3, -0.25) is 4.79 Å². The molecule has 2 aliphatic heterocycles. The molecule has 0 radical (unpaired) electrons. The lowest BCUT2D eigenvalue weighted by atomic mass is 9.97. The molecule has 2 heterocycles. The second kappa shape index (κ2) is 7.43. The Kier molecular flexibility index (Phi) is 5.79. The summed E-state index contributed by atoms with van der Waals surface area (Å²) in [4.78, 5) is 17.2. The minimum absolute atomic E-state index is 0. The molecule has 2 N–H and O–H groups in total. The number of amides is 1. The van der Waals surface area contributed by atoms with Gasteiger partial charge in [0, 0.05) is 30.0 Å². The number of rotatable bonds is 2. The first-order chi connectivity index (χ1) is 10.6. The van der Waals surface area contributed by atoms with Crippen molar-refractivity contribution in [2.24, 2.45) is 0 Å². The Hall–Kier alpha value is -1.42. The number of halogens is 1. The molecule has 4 nitrogen and oxygen atoms in total. The van der Waals surface area contributed by atoms with Crippen LogP contribution in [-0.2, 0) is 11.2 Å². The number of nitrogen functional groups attached to an aromatic ring is 1. The summed E-state index contributed by atoms with van der Waals surface area (Å²) in [6.45, 7) is 5.77. The first-order valence-electron chi connectivity index (χ1n) is 8.51. The van der Waals surface area contributed by atoms with E-state index in [1.165, 1.54) is 12.0 Å². The number of hydrogen-bond donors (Lipinski definition) is 1. The second-order valence-electron chi connectivity index (χ2n) is 6.80. The normalized spacial score (nSPS) is 23.9. The molecule has 0 aliphatic carbocycles. The van der Waals surface area contributed by atoms with E-state index in [1.807, 2.05) is 12.1 Å². The first-order valence-corrected chi connectivity index (χ1v) is 8.51. The zero-order chi connectivity index (χ0) is 15.7. The third kappa shape index (κ3) is 3.57. The van der Waals surface area contributed by atoms with Crippen molar-refractivity contribution >= 4 is 29.7 Å². The largest absolute Gasteiger partial charge is 0.398 e. The molecule has 5 heteroatoms. The van der Waals surface area contributed by atoms with Gasteiger partial charge in [-0.25, -0.2) is 0 Å². The Morgan fingerprint density at radius 3 is 2.61 bits per heavy atom. The van der Waals surface area contributed by atoms with Gasteiger partial charge in [-0.2, -0.15) is 0 Å². The Morgan fingerprint density at radius 1 is 1.22 bits per heavy atom. The van der Waals surface area contributed by atoms with Gasteiger partial charge in [0.25, 0.3) is 0 Å². The van der Waals surface area contributed by atoms with Gasteiger partial charge in [-0.1, -0.05) is 6.07 Å². The van der Waals surface area contributed by atoms with Crippen LogP contribution in [0.2, 0.25) is 0 Å². The van der Waals surface area contributed by atoms with E-state index in [-0.39, 0.29) is 18.3 Å². The van der Waals surface area contributed by atoms with E-state index in [9.17, 15) is 4.79 Å². The number of fused-ring (bicyclic) bond motifs is 1. The van der Waals surface area contributed by atoms with E-state index in [0.717, 1.165) is 43.6 Å². The molecule has 1 amide bonds. The molecule has 1 saturated heterocycles. The summed E-state index contributed by atoms with van der Waals surface area (Å²) >= 11 is 0. The van der Waals surface area contributed by atoms with E-state index >= 15 is 0 Å². The standard InChI is InChI=1S/C18H27N3O.ClH/c1-13-6-3-7-14(2)21(13)18(22)12-20-11-5-8-15-16(19)9-4-10-17(15)20;/h4,9-10,13-14H,3,5-8,11-12,19H2,1-2H3;1H. The van der Waals surface area contributed by atoms with Crippen LogP contribution in [0.3, 0.4) is 0 Å². The van der Waals surface area contributed by atoms with Crippen LogP contribution >= 0.6 is 12.4 Å². The Bertz CT molecular complexity index is 553. The van der Waals surface area contributed by atoms with E-state index in [2.05, 4.69) is 29.7 Å². The maximum atomic E-state index is 12.8. The smallest absolute Gasteiger partial charge is 0.242 e. The summed E-state index contributed by atoms with van der Waals surface area (Å²) in [5, 5.41) is 0. The van der Waals surface area contributed by atoms with Crippen LogP contribution < -0.4 is 10.6 Å². The van der Waals surface area contributed by atoms with Crippen molar-refractivity contribution in [1.82, 2.24) is 4.90 Å². The number of nitrogens with two attached hydrogens (primary N) is 1. The summed E-state index contributed by atoms with van der Waals surface area (Å²) < 4.78 is 0. The van der Waals surface area contributed by atoms with Gasteiger partial charge < -0.3 is 15.5 Å². The fourth-order valence-corrected chi connectivity index (χ4v) is 4.05. The number of likely N-dealkylation sites (tertiary alicyclic amines) is 1. The summed E-state index contributed by atoms with van der Waals surface area (Å²) in [5.74, 6) is 0.259. The molecule has 0 bridgehead atoms. The lowest BCUT2D eigenvalue weighted by molar-refractivity contribution is -0.135. The Morgan fingerprint density at radius 2 is 1.91 bits per heavy atom. The molecule has 0 spiro atoms. The fourth-order valence-electron chi connectivity index (χ4n) is 4.05. The van der Waals surface area contributed by atoms with Gasteiger partial charge in [0.1, 0.15) is 0 Å². The highest BCUT2D eigenvalue weighted by Gasteiger charge is 2.30. The summed E-state index contributed by atoms with van der Waals surface area (Å²) in [5.41, 5.74) is 9.31. The van der Waals surface area contributed by atoms with Crippen LogP contribution in [0, 0.1) is 0 Å². The monoisotopic (exact) mass is 337 g/mol. The second-order valence-corrected chi connectivity index (χ2v) is 6.80. The maximum Gasteiger partial charge on any atom is 0.242 e. The molecule has 1 aromatic rings. The van der Waals surface area contributed by atoms with Gasteiger partial charge in [0.15, 0.2) is 0 Å². The third-order valence-corrected chi connectivity index (χ3v) is 5.19. The molecule has 23 heavy (non-hydrogen) atoms. The summed E-state index contributed by atoms with van der Waals surface area (Å²) in [6, 6.07) is 6.77. The van der Waals surface area contributed by atoms with Gasteiger partial charge in [0.2, 0.25) is 5.91 Å². The number of hydrogen-bond acceptors (Lipinski definition) is 3. The van der Waals surface area contributed by atoms with Crippen molar-refractivity contribution < 1.29 is 4.79 Å². The number of carbonyl (C=O) groups is 1. The first kappa shape index (κ1) is 17.9. The van der Waals surface area contributed by atoms with E-state index in [0.29, 0.717) is 18.6 Å². The Balaban J connectivity index is 0.00000192. The fraction of sp³-hybridized carbons (Fsp3) is 0.611. The SMILES string of the molecule is CC1CCCC(C)N1C(=O)CN1CCCc2c(N)cccc21.Cl. The summed E-state index contributed by atoms with van der Waals surface area (Å²) in [6.07, 6.45) is 5.57. The molecule has 0 aromatic heterocycles. The van der Waals surface area contributed by atoms with Crippen LogP contribution in [0.4, 0.5) is 11.4 Å². The van der Waals surface area contributed by atoms with Crippen LogP contribution in [0.25, 0.3) is 0 Å². The number of anilines is 2. The van der Waals surface area contributed by atoms with Crippen LogP contribution in [-0.4, -0.2) is 36.0 Å². The average molecular weight is 338 g/mol. The van der Waals surface area contributed by atoms with E-state index in [1.54, 1.807) is 0 Å². The predicted octanol–water partition coefficient (Wildman–Crippen LogP) is 3.23. The zero-order valence-electron chi connectivity index (χ0n) is 14.1. The van der Waals surface area contributed by atoms with Crippen molar-refractivity contribution in [2.45, 2.75) is 58.0 Å². The predicted molar refractivity (Wildman–Crippen MR) is 98.3 cm³/mol. The van der Waals surface area contributed by atoms with E-state index < -0.39 is 0 Å². The number of carbonyl (C=O) groups excluding carboxylic acids is 1. The highest BCUT2D eigenvalue weighted by molar-refractivity contribution is 5.85. The number of piperidine rings is 1. The van der Waals surface area contributed by atoms with Gasteiger partial charge in [-0.05, 0) is 63.6 Å². The van der Waals surface area contributed by atoms with Crippen molar-refractivity contribution in [2.75, 3.05) is 23.7 Å². The molecular weight excluding hydrogens is 310 g/mol. The third-order valence-electron chi connectivity index (χ3n) is 5.19. The number of benzene rings is 1. The minimum Gasteiger partial charge on any atom is -0.398 e. The minimum atomic E-state index is 0. The van der Waals surface area contributed by atoms with Crippen molar-refractivity contribution in [3.8, 4) is 0 Å². The van der Waals surface area contributed by atoms with Gasteiger partial charge in [-0.15, -0.1) is 12.4 Å². The van der Waals surface area contributed by atoms with Crippen molar-refractivity contribution in [1.29, 1.82) is 0 Å². The topological polar surface area (TPSA) is 49.6 Å². The molecular formula is C18H28ClN3O. The quantitative estimate of drug-likeness (QED) is 0.843. The number of nitrogens with zero attached hydrogens (tertiary/aromatic N) is 2. The molecule has 0 saturated carbocycles. The van der Waals surface area contributed by atoms with Crippen LogP contribution in [0.5, 0.6) is 0 Å². The molecule has 3 rings (SSSR count). The van der Waals surface area contributed by atoms with Crippen molar-refractivity contribution in [3.05, 3.63) is 23.8 Å². The maximum absolute atomic E-state index is 12.8. The van der Waals surface area contributed by atoms with Crippen LogP contribution in [0.1, 0.15) is 45.1 Å². The molecule has 2 unspecified atom stereocenters. The Labute approximate surface area is 145 Å². The molecule has 2 atom stereocenters. The van der Waals surface area contributed by atoms with E-state index in [4.69, 9.17) is 5.73 Å². The zero-order valence-corrected chi connectivity index (χ0v) is 14.9. The van der Waals surface area contributed by atoms with Crippen molar-refractivity contribution in [3.63, 3.8) is 0 Å². The average Bonchev–Trinajstić information content (AvgIpc) is 2.48. The molecule has 1 aromatic carbocycles. The molecule has 1 fully saturated rings. The van der Waals surface area contributed by atoms with Crippen LogP contribution in [0.15, 0.2) is 18.2 Å². The molecule has 128 valence electrons.